The molecule has 0 bridgehead atoms. The van der Waals surface area contributed by atoms with Crippen LogP contribution in [0.3, 0.4) is 0 Å². The Labute approximate surface area is 80.8 Å². The van der Waals surface area contributed by atoms with Crippen molar-refractivity contribution < 1.29 is 0 Å². The highest BCUT2D eigenvalue weighted by molar-refractivity contribution is 5.53. The Morgan fingerprint density at radius 1 is 1.23 bits per heavy atom. The highest BCUT2D eigenvalue weighted by Crippen LogP contribution is 2.08. The summed E-state index contributed by atoms with van der Waals surface area (Å²) in [5.41, 5.74) is 2.45. The van der Waals surface area contributed by atoms with E-state index >= 15 is 0 Å². The van der Waals surface area contributed by atoms with Gasteiger partial charge in [0.25, 0.3) is 0 Å². The van der Waals surface area contributed by atoms with Crippen LogP contribution in [0.4, 0.5) is 0 Å². The van der Waals surface area contributed by atoms with E-state index in [4.69, 9.17) is 0 Å². The molecular formula is C12H17N. The first-order valence-electron chi connectivity index (χ1n) is 4.52. The van der Waals surface area contributed by atoms with Crippen LogP contribution in [-0.2, 0) is 0 Å². The molecule has 0 saturated carbocycles. The molecule has 0 aliphatic carbocycles. The predicted octanol–water partition coefficient (Wildman–Crippen LogP) is 3.69. The maximum absolute atomic E-state index is 3.64. The van der Waals surface area contributed by atoms with E-state index in [1.165, 1.54) is 11.1 Å². The Morgan fingerprint density at radius 2 is 1.85 bits per heavy atom. The highest BCUT2D eigenvalue weighted by Gasteiger charge is 1.88. The van der Waals surface area contributed by atoms with Gasteiger partial charge in [-0.25, -0.2) is 0 Å². The minimum Gasteiger partial charge on any atom is -0.272 e. The summed E-state index contributed by atoms with van der Waals surface area (Å²) in [6.07, 6.45) is 3.64. The number of rotatable bonds is 2. The molecule has 70 valence electrons. The van der Waals surface area contributed by atoms with Crippen molar-refractivity contribution in [3.63, 3.8) is 0 Å². The van der Waals surface area contributed by atoms with Gasteiger partial charge in [0.1, 0.15) is 0 Å². The lowest BCUT2D eigenvalue weighted by molar-refractivity contribution is 1.44. The Bertz CT molecular complexity index is 274. The van der Waals surface area contributed by atoms with Crippen LogP contribution in [0.25, 0.3) is 6.08 Å². The second-order valence-electron chi connectivity index (χ2n) is 2.35. The van der Waals surface area contributed by atoms with Crippen molar-refractivity contribution in [2.45, 2.75) is 20.8 Å². The third kappa shape index (κ3) is 4.26. The second-order valence-corrected chi connectivity index (χ2v) is 2.35. The summed E-state index contributed by atoms with van der Waals surface area (Å²) >= 11 is 0. The Kier molecular flexibility index (Phi) is 6.52. The minimum absolute atomic E-state index is 1.19. The van der Waals surface area contributed by atoms with Crippen LogP contribution < -0.4 is 0 Å². The summed E-state index contributed by atoms with van der Waals surface area (Å²) in [5.74, 6) is 0. The molecule has 1 aromatic carbocycles. The van der Waals surface area contributed by atoms with Gasteiger partial charge < -0.3 is 0 Å². The van der Waals surface area contributed by atoms with Gasteiger partial charge in [-0.05, 0) is 30.8 Å². The summed E-state index contributed by atoms with van der Waals surface area (Å²) in [5, 5.41) is 0. The van der Waals surface area contributed by atoms with Crippen LogP contribution in [-0.4, -0.2) is 6.72 Å². The molecule has 1 heteroatoms. The first-order valence-corrected chi connectivity index (χ1v) is 4.52. The maximum atomic E-state index is 3.64. The largest absolute Gasteiger partial charge is 0.272 e. The van der Waals surface area contributed by atoms with Crippen molar-refractivity contribution in [3.05, 3.63) is 41.6 Å². The predicted molar refractivity (Wildman–Crippen MR) is 61.1 cm³/mol. The van der Waals surface area contributed by atoms with E-state index in [2.05, 4.69) is 30.8 Å². The standard InChI is InChI=1S/C10H11N.C2H6/c1-9-5-3-4-6-10(9)7-8-11-2;1-2/h3-8H,2H2,1H3;1-2H3/b8-7-;. The molecule has 0 fully saturated rings. The zero-order chi connectivity index (χ0) is 10.1. The van der Waals surface area contributed by atoms with Crippen LogP contribution in [0.1, 0.15) is 25.0 Å². The lowest BCUT2D eigenvalue weighted by atomic mass is 10.1. The van der Waals surface area contributed by atoms with E-state index in [-0.39, 0.29) is 0 Å². The number of aliphatic imine (C=N–C) groups is 1. The van der Waals surface area contributed by atoms with E-state index < -0.39 is 0 Å². The van der Waals surface area contributed by atoms with Gasteiger partial charge in [-0.3, -0.25) is 4.99 Å². The molecule has 1 rings (SSSR count). The SMILES string of the molecule is C=N/C=C\c1ccccc1C.CC. The fourth-order valence-corrected chi connectivity index (χ4v) is 0.907. The fourth-order valence-electron chi connectivity index (χ4n) is 0.907. The molecule has 0 atom stereocenters. The van der Waals surface area contributed by atoms with Crippen molar-refractivity contribution in [2.75, 3.05) is 0 Å². The molecular weight excluding hydrogens is 158 g/mol. The quantitative estimate of drug-likeness (QED) is 0.608. The van der Waals surface area contributed by atoms with Gasteiger partial charge in [-0.1, -0.05) is 38.1 Å². The summed E-state index contributed by atoms with van der Waals surface area (Å²) in [6.45, 7) is 9.44. The van der Waals surface area contributed by atoms with Gasteiger partial charge >= 0.3 is 0 Å². The zero-order valence-electron chi connectivity index (χ0n) is 8.62. The zero-order valence-corrected chi connectivity index (χ0v) is 8.62. The van der Waals surface area contributed by atoms with Crippen LogP contribution in [0, 0.1) is 6.92 Å². The average molecular weight is 175 g/mol. The van der Waals surface area contributed by atoms with E-state index in [0.717, 1.165) is 0 Å². The van der Waals surface area contributed by atoms with Crippen molar-refractivity contribution >= 4 is 12.8 Å². The van der Waals surface area contributed by atoms with Gasteiger partial charge in [-0.15, -0.1) is 0 Å². The van der Waals surface area contributed by atoms with Crippen LogP contribution in [0.2, 0.25) is 0 Å². The molecule has 13 heavy (non-hydrogen) atoms. The van der Waals surface area contributed by atoms with Crippen LogP contribution in [0.15, 0.2) is 35.5 Å². The first-order chi connectivity index (χ1) is 6.34. The number of benzene rings is 1. The Morgan fingerprint density at radius 3 is 2.38 bits per heavy atom. The molecule has 0 heterocycles. The average Bonchev–Trinajstić information content (AvgIpc) is 2.20. The van der Waals surface area contributed by atoms with Crippen molar-refractivity contribution in [1.82, 2.24) is 0 Å². The van der Waals surface area contributed by atoms with Crippen LogP contribution >= 0.6 is 0 Å². The van der Waals surface area contributed by atoms with Gasteiger partial charge in [0.05, 0.1) is 0 Å². The molecule has 0 radical (unpaired) electrons. The molecule has 0 N–H and O–H groups in total. The molecule has 0 aliphatic rings. The van der Waals surface area contributed by atoms with Gasteiger partial charge in [-0.2, -0.15) is 0 Å². The van der Waals surface area contributed by atoms with Crippen molar-refractivity contribution in [1.29, 1.82) is 0 Å². The molecule has 1 aromatic rings. The topological polar surface area (TPSA) is 12.4 Å². The first kappa shape index (κ1) is 11.6. The molecule has 0 amide bonds. The molecule has 0 aliphatic heterocycles. The molecule has 0 unspecified atom stereocenters. The normalized spacial score (nSPS) is 9.15. The number of hydrogen-bond acceptors (Lipinski definition) is 1. The van der Waals surface area contributed by atoms with Gasteiger partial charge in [0.15, 0.2) is 0 Å². The monoisotopic (exact) mass is 175 g/mol. The van der Waals surface area contributed by atoms with E-state index in [9.17, 15) is 0 Å². The summed E-state index contributed by atoms with van der Waals surface area (Å²) in [6, 6.07) is 8.16. The van der Waals surface area contributed by atoms with E-state index in [1.54, 1.807) is 6.20 Å². The van der Waals surface area contributed by atoms with Gasteiger partial charge in [0, 0.05) is 6.20 Å². The lowest BCUT2D eigenvalue weighted by Crippen LogP contribution is -1.76. The van der Waals surface area contributed by atoms with Crippen molar-refractivity contribution in [3.8, 4) is 0 Å². The highest BCUT2D eigenvalue weighted by atomic mass is 14.6. The summed E-state index contributed by atoms with van der Waals surface area (Å²) < 4.78 is 0. The third-order valence-electron chi connectivity index (χ3n) is 1.55. The summed E-state index contributed by atoms with van der Waals surface area (Å²) in [4.78, 5) is 3.64. The fraction of sp³-hybridized carbons (Fsp3) is 0.250. The van der Waals surface area contributed by atoms with Gasteiger partial charge in [0.2, 0.25) is 0 Å². The van der Waals surface area contributed by atoms with E-state index in [1.807, 2.05) is 32.1 Å². The maximum Gasteiger partial charge on any atom is 0.0266 e. The molecule has 0 aromatic heterocycles. The minimum atomic E-state index is 1.19. The second kappa shape index (κ2) is 7.29. The Balaban J connectivity index is 0.000000671. The summed E-state index contributed by atoms with van der Waals surface area (Å²) in [7, 11) is 0. The third-order valence-corrected chi connectivity index (χ3v) is 1.55. The number of nitrogens with zero attached hydrogens (tertiary/aromatic N) is 1. The number of hydrogen-bond donors (Lipinski definition) is 0. The number of aryl methyl sites for hydroxylation is 1. The van der Waals surface area contributed by atoms with Crippen molar-refractivity contribution in [2.24, 2.45) is 4.99 Å². The smallest absolute Gasteiger partial charge is 0.0266 e. The van der Waals surface area contributed by atoms with E-state index in [0.29, 0.717) is 0 Å². The van der Waals surface area contributed by atoms with Crippen LogP contribution in [0.5, 0.6) is 0 Å². The lowest BCUT2D eigenvalue weighted by Gasteiger charge is -1.96. The Hall–Kier alpha value is -1.37. The molecule has 0 saturated heterocycles. The molecule has 0 spiro atoms. The molecule has 1 nitrogen and oxygen atoms in total.